The fourth-order valence-corrected chi connectivity index (χ4v) is 5.31. The molecule has 0 spiro atoms. The van der Waals surface area contributed by atoms with E-state index in [2.05, 4.69) is 21.2 Å². The average molecular weight is 591 g/mol. The maximum Gasteiger partial charge on any atom is 0.264 e. The minimum Gasteiger partial charge on any atom is -0.352 e. The van der Waals surface area contributed by atoms with Crippen LogP contribution in [0.25, 0.3) is 0 Å². The van der Waals surface area contributed by atoms with Gasteiger partial charge >= 0.3 is 0 Å². The number of anilines is 1. The number of nitrogens with zero attached hydrogens (tertiary/aromatic N) is 2. The molecule has 0 bridgehead atoms. The first-order valence-corrected chi connectivity index (χ1v) is 13.9. The second-order valence-corrected chi connectivity index (χ2v) is 11.6. The van der Waals surface area contributed by atoms with Crippen LogP contribution in [0.4, 0.5) is 10.1 Å². The molecule has 37 heavy (non-hydrogen) atoms. The Hall–Kier alpha value is -3.24. The van der Waals surface area contributed by atoms with Crippen molar-refractivity contribution < 1.29 is 22.4 Å². The van der Waals surface area contributed by atoms with Crippen molar-refractivity contribution in [2.75, 3.05) is 10.8 Å². The predicted octanol–water partition coefficient (Wildman–Crippen LogP) is 4.73. The summed E-state index contributed by atoms with van der Waals surface area (Å²) in [7, 11) is -4.23. The number of benzene rings is 3. The Morgan fingerprint density at radius 3 is 2.08 bits per heavy atom. The molecule has 2 amide bonds. The zero-order valence-corrected chi connectivity index (χ0v) is 23.2. The van der Waals surface area contributed by atoms with Gasteiger partial charge in [-0.2, -0.15) is 0 Å². The molecule has 0 aliphatic carbocycles. The van der Waals surface area contributed by atoms with E-state index in [0.29, 0.717) is 0 Å². The van der Waals surface area contributed by atoms with E-state index in [1.165, 1.54) is 4.90 Å². The lowest BCUT2D eigenvalue weighted by Gasteiger charge is -2.32. The van der Waals surface area contributed by atoms with Crippen molar-refractivity contribution in [2.24, 2.45) is 0 Å². The van der Waals surface area contributed by atoms with Gasteiger partial charge < -0.3 is 10.2 Å². The van der Waals surface area contributed by atoms with Crippen molar-refractivity contribution in [2.45, 2.75) is 44.3 Å². The molecule has 0 aliphatic heterocycles. The highest BCUT2D eigenvalue weighted by atomic mass is 79.9. The van der Waals surface area contributed by atoms with Gasteiger partial charge in [-0.3, -0.25) is 13.9 Å². The molecule has 1 atom stereocenters. The molecular weight excluding hydrogens is 561 g/mol. The number of amides is 2. The highest BCUT2D eigenvalue weighted by Crippen LogP contribution is 2.24. The molecule has 3 rings (SSSR count). The molecule has 196 valence electrons. The Bertz CT molecular complexity index is 1320. The molecule has 3 aromatic carbocycles. The number of carbonyl (C=O) groups is 2. The Balaban J connectivity index is 1.99. The van der Waals surface area contributed by atoms with E-state index in [-0.39, 0.29) is 29.1 Å². The first kappa shape index (κ1) is 28.3. The third-order valence-corrected chi connectivity index (χ3v) is 7.91. The maximum atomic E-state index is 13.7. The zero-order valence-electron chi connectivity index (χ0n) is 20.8. The summed E-state index contributed by atoms with van der Waals surface area (Å²) in [6.07, 6.45) is 0. The van der Waals surface area contributed by atoms with Crippen molar-refractivity contribution in [3.8, 4) is 0 Å². The second kappa shape index (κ2) is 12.3. The van der Waals surface area contributed by atoms with Gasteiger partial charge in [0, 0.05) is 17.1 Å². The number of halogens is 2. The number of sulfonamides is 1. The quantitative estimate of drug-likeness (QED) is 0.370. The maximum absolute atomic E-state index is 13.7. The molecule has 0 aliphatic rings. The second-order valence-electron chi connectivity index (χ2n) is 8.79. The summed E-state index contributed by atoms with van der Waals surface area (Å²) in [6.45, 7) is 4.78. The summed E-state index contributed by atoms with van der Waals surface area (Å²) in [4.78, 5) is 27.8. The van der Waals surface area contributed by atoms with Crippen LogP contribution in [0.15, 0.2) is 88.2 Å². The van der Waals surface area contributed by atoms with Gasteiger partial charge in [-0.25, -0.2) is 12.8 Å². The summed E-state index contributed by atoms with van der Waals surface area (Å²) < 4.78 is 42.5. The molecule has 0 heterocycles. The number of nitrogens with one attached hydrogen (secondary N) is 1. The van der Waals surface area contributed by atoms with Crippen LogP contribution in [-0.2, 0) is 26.2 Å². The van der Waals surface area contributed by atoms with E-state index in [1.807, 2.05) is 38.1 Å². The van der Waals surface area contributed by atoms with Gasteiger partial charge in [-0.1, -0.05) is 46.3 Å². The van der Waals surface area contributed by atoms with Gasteiger partial charge in [0.05, 0.1) is 10.6 Å². The Morgan fingerprint density at radius 2 is 1.51 bits per heavy atom. The van der Waals surface area contributed by atoms with Crippen LogP contribution in [0.2, 0.25) is 0 Å². The van der Waals surface area contributed by atoms with Gasteiger partial charge in [0.1, 0.15) is 18.4 Å². The van der Waals surface area contributed by atoms with Crippen LogP contribution >= 0.6 is 15.9 Å². The molecule has 1 unspecified atom stereocenters. The largest absolute Gasteiger partial charge is 0.352 e. The molecule has 1 N–H and O–H groups in total. The highest BCUT2D eigenvalue weighted by Gasteiger charge is 2.32. The third kappa shape index (κ3) is 7.39. The third-order valence-electron chi connectivity index (χ3n) is 5.59. The lowest BCUT2D eigenvalue weighted by Crippen LogP contribution is -2.52. The van der Waals surface area contributed by atoms with Crippen LogP contribution in [0.3, 0.4) is 0 Å². The van der Waals surface area contributed by atoms with Crippen molar-refractivity contribution in [1.29, 1.82) is 0 Å². The predicted molar refractivity (Wildman–Crippen MR) is 145 cm³/mol. The van der Waals surface area contributed by atoms with E-state index in [1.54, 1.807) is 37.3 Å². The van der Waals surface area contributed by atoms with Crippen molar-refractivity contribution in [3.05, 3.63) is 94.7 Å². The first-order chi connectivity index (χ1) is 17.5. The summed E-state index contributed by atoms with van der Waals surface area (Å²) >= 11 is 3.39. The summed E-state index contributed by atoms with van der Waals surface area (Å²) in [5.74, 6) is -1.50. The molecule has 0 fully saturated rings. The van der Waals surface area contributed by atoms with Crippen LogP contribution in [-0.4, -0.2) is 43.8 Å². The molecule has 3 aromatic rings. The lowest BCUT2D eigenvalue weighted by molar-refractivity contribution is -0.139. The van der Waals surface area contributed by atoms with E-state index in [4.69, 9.17) is 0 Å². The average Bonchev–Trinajstić information content (AvgIpc) is 2.86. The standard InChI is InChI=1S/C27H29BrFN3O4S/c1-19(2)30-27(34)20(3)31(17-21-9-11-22(28)12-10-21)26(33)18-32(24-7-5-4-6-8-24)37(35,36)25-15-13-23(29)14-16-25/h4-16,19-20H,17-18H2,1-3H3,(H,30,34). The Labute approximate surface area is 225 Å². The molecule has 0 aromatic heterocycles. The topological polar surface area (TPSA) is 86.8 Å². The number of hydrogen-bond donors (Lipinski definition) is 1. The first-order valence-electron chi connectivity index (χ1n) is 11.7. The normalized spacial score (nSPS) is 12.2. The minimum atomic E-state index is -4.23. The number of rotatable bonds is 10. The van der Waals surface area contributed by atoms with Crippen LogP contribution in [0.1, 0.15) is 26.3 Å². The summed E-state index contributed by atoms with van der Waals surface area (Å²) in [6, 6.07) is 18.9. The van der Waals surface area contributed by atoms with E-state index < -0.39 is 34.3 Å². The van der Waals surface area contributed by atoms with Crippen molar-refractivity contribution >= 4 is 43.5 Å². The molecule has 10 heteroatoms. The van der Waals surface area contributed by atoms with Crippen LogP contribution < -0.4 is 9.62 Å². The van der Waals surface area contributed by atoms with Gasteiger partial charge in [-0.05, 0) is 74.9 Å². The fraction of sp³-hybridized carbons (Fsp3) is 0.259. The molecule has 7 nitrogen and oxygen atoms in total. The number of hydrogen-bond acceptors (Lipinski definition) is 4. The van der Waals surface area contributed by atoms with Crippen LogP contribution in [0, 0.1) is 5.82 Å². The van der Waals surface area contributed by atoms with Gasteiger partial charge in [0.15, 0.2) is 0 Å². The fourth-order valence-electron chi connectivity index (χ4n) is 3.63. The van der Waals surface area contributed by atoms with Crippen molar-refractivity contribution in [1.82, 2.24) is 10.2 Å². The monoisotopic (exact) mass is 589 g/mol. The highest BCUT2D eigenvalue weighted by molar-refractivity contribution is 9.10. The van der Waals surface area contributed by atoms with Gasteiger partial charge in [-0.15, -0.1) is 0 Å². The molecule has 0 radical (unpaired) electrons. The summed E-state index contributed by atoms with van der Waals surface area (Å²) in [5.41, 5.74) is 1.04. The molecular formula is C27H29BrFN3O4S. The number of para-hydroxylation sites is 1. The van der Waals surface area contributed by atoms with Gasteiger partial charge in [0.25, 0.3) is 10.0 Å². The zero-order chi connectivity index (χ0) is 27.2. The minimum absolute atomic E-state index is 0.0953. The molecule has 0 saturated heterocycles. The Kier molecular flexibility index (Phi) is 9.45. The van der Waals surface area contributed by atoms with E-state index >= 15 is 0 Å². The smallest absolute Gasteiger partial charge is 0.264 e. The van der Waals surface area contributed by atoms with Gasteiger partial charge in [0.2, 0.25) is 11.8 Å². The van der Waals surface area contributed by atoms with E-state index in [9.17, 15) is 22.4 Å². The molecule has 0 saturated carbocycles. The Morgan fingerprint density at radius 1 is 0.919 bits per heavy atom. The lowest BCUT2D eigenvalue weighted by atomic mass is 10.1. The SMILES string of the molecule is CC(C)NC(=O)C(C)N(Cc1ccc(Br)cc1)C(=O)CN(c1ccccc1)S(=O)(=O)c1ccc(F)cc1. The van der Waals surface area contributed by atoms with Crippen molar-refractivity contribution in [3.63, 3.8) is 0 Å². The van der Waals surface area contributed by atoms with E-state index in [0.717, 1.165) is 38.6 Å². The van der Waals surface area contributed by atoms with Crippen LogP contribution in [0.5, 0.6) is 0 Å². The summed E-state index contributed by atoms with van der Waals surface area (Å²) in [5, 5.41) is 2.81. The number of carbonyl (C=O) groups excluding carboxylic acids is 2.